The maximum Gasteiger partial charge on any atom is 0.00105 e. The third kappa shape index (κ3) is 3.24. The summed E-state index contributed by atoms with van der Waals surface area (Å²) in [6, 6.07) is 0.408. The second-order valence-corrected chi connectivity index (χ2v) is 4.34. The Labute approximate surface area is 70.4 Å². The molecule has 3 atom stereocenters. The molecule has 2 N–H and O–H groups in total. The molecular weight excluding hydrogens is 134 g/mol. The van der Waals surface area contributed by atoms with Crippen LogP contribution in [0.25, 0.3) is 0 Å². The fraction of sp³-hybridized carbons (Fsp3) is 1.00. The van der Waals surface area contributed by atoms with Crippen LogP contribution in [0, 0.1) is 11.8 Å². The molecule has 0 aliphatic heterocycles. The Morgan fingerprint density at radius 3 is 2.64 bits per heavy atom. The van der Waals surface area contributed by atoms with E-state index in [1.54, 1.807) is 0 Å². The molecule has 1 heteroatoms. The Hall–Kier alpha value is -0.0400. The van der Waals surface area contributed by atoms with Crippen molar-refractivity contribution in [2.75, 3.05) is 0 Å². The molecule has 11 heavy (non-hydrogen) atoms. The molecule has 0 aromatic heterocycles. The monoisotopic (exact) mass is 155 g/mol. The lowest BCUT2D eigenvalue weighted by atomic mass is 9.98. The third-order valence-electron chi connectivity index (χ3n) is 2.83. The Morgan fingerprint density at radius 2 is 2.18 bits per heavy atom. The second-order valence-electron chi connectivity index (χ2n) is 4.34. The van der Waals surface area contributed by atoms with E-state index in [1.807, 2.05) is 0 Å². The van der Waals surface area contributed by atoms with Crippen LogP contribution in [0.3, 0.4) is 0 Å². The molecule has 0 aromatic carbocycles. The summed E-state index contributed by atoms with van der Waals surface area (Å²) in [6.45, 7) is 4.48. The standard InChI is InChI=1S/C10H21N/c1-8-3-5-10(7-8)6-4-9(2)11/h8-10H,3-7,11H2,1-2H3. The van der Waals surface area contributed by atoms with E-state index in [0.717, 1.165) is 11.8 Å². The van der Waals surface area contributed by atoms with Crippen molar-refractivity contribution in [3.63, 3.8) is 0 Å². The summed E-state index contributed by atoms with van der Waals surface area (Å²) in [4.78, 5) is 0. The zero-order valence-corrected chi connectivity index (χ0v) is 7.84. The van der Waals surface area contributed by atoms with Gasteiger partial charge in [0, 0.05) is 6.04 Å². The first-order valence-corrected chi connectivity index (χ1v) is 4.94. The van der Waals surface area contributed by atoms with Crippen LogP contribution >= 0.6 is 0 Å². The van der Waals surface area contributed by atoms with Gasteiger partial charge in [0.15, 0.2) is 0 Å². The van der Waals surface area contributed by atoms with Gasteiger partial charge in [-0.3, -0.25) is 0 Å². The van der Waals surface area contributed by atoms with Crippen LogP contribution in [0.2, 0.25) is 0 Å². The molecule has 0 spiro atoms. The van der Waals surface area contributed by atoms with Crippen molar-refractivity contribution in [1.29, 1.82) is 0 Å². The lowest BCUT2D eigenvalue weighted by Gasteiger charge is -2.10. The largest absolute Gasteiger partial charge is 0.328 e. The summed E-state index contributed by atoms with van der Waals surface area (Å²) in [5.41, 5.74) is 5.71. The third-order valence-corrected chi connectivity index (χ3v) is 2.83. The van der Waals surface area contributed by atoms with E-state index < -0.39 is 0 Å². The first kappa shape index (κ1) is 9.05. The highest BCUT2D eigenvalue weighted by atomic mass is 14.6. The quantitative estimate of drug-likeness (QED) is 0.666. The minimum atomic E-state index is 0.408. The predicted octanol–water partition coefficient (Wildman–Crippen LogP) is 2.55. The van der Waals surface area contributed by atoms with E-state index in [2.05, 4.69) is 13.8 Å². The molecule has 0 heterocycles. The molecule has 1 aliphatic carbocycles. The Balaban J connectivity index is 2.08. The summed E-state index contributed by atoms with van der Waals surface area (Å²) >= 11 is 0. The molecule has 0 amide bonds. The molecule has 1 fully saturated rings. The van der Waals surface area contributed by atoms with Gasteiger partial charge in [-0.25, -0.2) is 0 Å². The van der Waals surface area contributed by atoms with Gasteiger partial charge in [0.2, 0.25) is 0 Å². The van der Waals surface area contributed by atoms with Gasteiger partial charge >= 0.3 is 0 Å². The molecule has 1 nitrogen and oxygen atoms in total. The molecular formula is C10H21N. The number of hydrogen-bond donors (Lipinski definition) is 1. The summed E-state index contributed by atoms with van der Waals surface area (Å²) < 4.78 is 0. The molecule has 0 aromatic rings. The van der Waals surface area contributed by atoms with E-state index in [-0.39, 0.29) is 0 Å². The van der Waals surface area contributed by atoms with Gasteiger partial charge < -0.3 is 5.73 Å². The van der Waals surface area contributed by atoms with Crippen molar-refractivity contribution < 1.29 is 0 Å². The smallest absolute Gasteiger partial charge is 0.00105 e. The van der Waals surface area contributed by atoms with E-state index >= 15 is 0 Å². The van der Waals surface area contributed by atoms with Crippen molar-refractivity contribution in [3.05, 3.63) is 0 Å². The molecule has 1 aliphatic rings. The van der Waals surface area contributed by atoms with Crippen LogP contribution in [0.4, 0.5) is 0 Å². The normalized spacial score (nSPS) is 34.1. The van der Waals surface area contributed by atoms with Gasteiger partial charge in [-0.1, -0.05) is 19.8 Å². The highest BCUT2D eigenvalue weighted by Crippen LogP contribution is 2.33. The minimum Gasteiger partial charge on any atom is -0.328 e. The molecule has 3 unspecified atom stereocenters. The summed E-state index contributed by atoms with van der Waals surface area (Å²) in [6.07, 6.45) is 6.93. The van der Waals surface area contributed by atoms with Crippen molar-refractivity contribution in [2.24, 2.45) is 17.6 Å². The highest BCUT2D eigenvalue weighted by molar-refractivity contribution is 4.73. The Bertz CT molecular complexity index is 109. The van der Waals surface area contributed by atoms with Gasteiger partial charge in [-0.2, -0.15) is 0 Å². The topological polar surface area (TPSA) is 26.0 Å². The van der Waals surface area contributed by atoms with Crippen LogP contribution in [0.15, 0.2) is 0 Å². The lowest BCUT2D eigenvalue weighted by Crippen LogP contribution is -2.15. The van der Waals surface area contributed by atoms with Crippen LogP contribution < -0.4 is 5.73 Å². The van der Waals surface area contributed by atoms with Crippen LogP contribution in [0.1, 0.15) is 46.0 Å². The molecule has 1 saturated carbocycles. The summed E-state index contributed by atoms with van der Waals surface area (Å²) in [5.74, 6) is 1.98. The number of rotatable bonds is 3. The van der Waals surface area contributed by atoms with Crippen molar-refractivity contribution in [3.8, 4) is 0 Å². The van der Waals surface area contributed by atoms with Crippen LogP contribution in [-0.4, -0.2) is 6.04 Å². The first-order chi connectivity index (χ1) is 5.18. The van der Waals surface area contributed by atoms with E-state index in [1.165, 1.54) is 32.1 Å². The fourth-order valence-corrected chi connectivity index (χ4v) is 2.09. The lowest BCUT2D eigenvalue weighted by molar-refractivity contribution is 0.444. The van der Waals surface area contributed by atoms with Gasteiger partial charge in [-0.05, 0) is 38.0 Å². The van der Waals surface area contributed by atoms with Gasteiger partial charge in [-0.15, -0.1) is 0 Å². The highest BCUT2D eigenvalue weighted by Gasteiger charge is 2.20. The van der Waals surface area contributed by atoms with Gasteiger partial charge in [0.25, 0.3) is 0 Å². The summed E-state index contributed by atoms with van der Waals surface area (Å²) in [7, 11) is 0. The number of hydrogen-bond acceptors (Lipinski definition) is 1. The SMILES string of the molecule is CC(N)CCC1CCC(C)C1. The average molecular weight is 155 g/mol. The zero-order valence-electron chi connectivity index (χ0n) is 7.84. The molecule has 1 rings (SSSR count). The summed E-state index contributed by atoms with van der Waals surface area (Å²) in [5, 5.41) is 0. The van der Waals surface area contributed by atoms with Crippen molar-refractivity contribution in [2.45, 2.75) is 52.0 Å². The van der Waals surface area contributed by atoms with E-state index in [4.69, 9.17) is 5.73 Å². The first-order valence-electron chi connectivity index (χ1n) is 4.94. The maximum absolute atomic E-state index is 5.71. The van der Waals surface area contributed by atoms with Gasteiger partial charge in [0.05, 0.1) is 0 Å². The average Bonchev–Trinajstić information content (AvgIpc) is 2.31. The Kier molecular flexibility index (Phi) is 3.38. The second kappa shape index (κ2) is 4.10. The molecule has 0 radical (unpaired) electrons. The van der Waals surface area contributed by atoms with Crippen molar-refractivity contribution >= 4 is 0 Å². The number of nitrogens with two attached hydrogens (primary N) is 1. The Morgan fingerprint density at radius 1 is 1.45 bits per heavy atom. The molecule has 0 saturated heterocycles. The molecule has 66 valence electrons. The van der Waals surface area contributed by atoms with E-state index in [0.29, 0.717) is 6.04 Å². The van der Waals surface area contributed by atoms with Crippen LogP contribution in [0.5, 0.6) is 0 Å². The predicted molar refractivity (Wildman–Crippen MR) is 49.4 cm³/mol. The van der Waals surface area contributed by atoms with Crippen molar-refractivity contribution in [1.82, 2.24) is 0 Å². The minimum absolute atomic E-state index is 0.408. The van der Waals surface area contributed by atoms with Gasteiger partial charge in [0.1, 0.15) is 0 Å². The zero-order chi connectivity index (χ0) is 8.27. The maximum atomic E-state index is 5.71. The van der Waals surface area contributed by atoms with E-state index in [9.17, 15) is 0 Å². The fourth-order valence-electron chi connectivity index (χ4n) is 2.09. The van der Waals surface area contributed by atoms with Crippen LogP contribution in [-0.2, 0) is 0 Å². The molecule has 0 bridgehead atoms.